The lowest BCUT2D eigenvalue weighted by Crippen LogP contribution is -2.09. The predicted octanol–water partition coefficient (Wildman–Crippen LogP) is 14.3. The van der Waals surface area contributed by atoms with E-state index in [1.54, 1.807) is 0 Å². The second-order valence-electron chi connectivity index (χ2n) is 14.9. The van der Waals surface area contributed by atoms with Gasteiger partial charge in [-0.3, -0.25) is 0 Å². The quantitative estimate of drug-likeness (QED) is 0.156. The van der Waals surface area contributed by atoms with E-state index in [9.17, 15) is 0 Å². The van der Waals surface area contributed by atoms with Crippen molar-refractivity contribution in [3.63, 3.8) is 0 Å². The van der Waals surface area contributed by atoms with Crippen molar-refractivity contribution >= 4 is 37.1 Å². The van der Waals surface area contributed by atoms with Gasteiger partial charge in [-0.25, -0.2) is 0 Å². The predicted molar refractivity (Wildman–Crippen MR) is 227 cm³/mol. The Morgan fingerprint density at radius 1 is 0.566 bits per heavy atom. The van der Waals surface area contributed by atoms with E-state index in [-0.39, 0.29) is 11.8 Å². The van der Waals surface area contributed by atoms with Crippen LogP contribution in [0.4, 0.5) is 0 Å². The van der Waals surface area contributed by atoms with Crippen molar-refractivity contribution in [2.24, 2.45) is 5.92 Å². The number of hydrogen-bond acceptors (Lipinski definition) is 1. The zero-order valence-electron chi connectivity index (χ0n) is 29.9. The maximum atomic E-state index is 2.60. The lowest BCUT2D eigenvalue weighted by atomic mass is 9.80. The Balaban J connectivity index is 1.18. The lowest BCUT2D eigenvalue weighted by Gasteiger charge is -2.24. The summed E-state index contributed by atoms with van der Waals surface area (Å²) in [6.45, 7) is 2.35. The van der Waals surface area contributed by atoms with Crippen LogP contribution in [0.2, 0.25) is 0 Å². The second-order valence-corrected chi connectivity index (χ2v) is 15.9. The lowest BCUT2D eigenvalue weighted by molar-refractivity contribution is 0.743. The highest BCUT2D eigenvalue weighted by Crippen LogP contribution is 2.53. The monoisotopic (exact) mass is 696 g/mol. The maximum absolute atomic E-state index is 2.60. The third-order valence-electron chi connectivity index (χ3n) is 11.5. The van der Waals surface area contributed by atoms with Crippen LogP contribution in [-0.2, 0) is 6.42 Å². The van der Waals surface area contributed by atoms with Crippen LogP contribution >= 0.6 is 11.3 Å². The van der Waals surface area contributed by atoms with Crippen molar-refractivity contribution in [2.45, 2.75) is 31.6 Å². The highest BCUT2D eigenvalue weighted by molar-refractivity contribution is 7.26. The van der Waals surface area contributed by atoms with E-state index >= 15 is 0 Å². The number of benzene rings is 7. The van der Waals surface area contributed by atoms with E-state index in [0.717, 1.165) is 12.8 Å². The molecule has 1 heteroatoms. The normalized spacial score (nSPS) is 16.9. The first-order chi connectivity index (χ1) is 26.2. The van der Waals surface area contributed by atoms with Gasteiger partial charge in [0.05, 0.1) is 0 Å². The first-order valence-electron chi connectivity index (χ1n) is 18.9. The Kier molecular flexibility index (Phi) is 8.04. The van der Waals surface area contributed by atoms with Crippen molar-refractivity contribution in [2.75, 3.05) is 0 Å². The summed E-state index contributed by atoms with van der Waals surface area (Å²) >= 11 is 1.96. The summed E-state index contributed by atoms with van der Waals surface area (Å²) in [5, 5.41) is 2.73. The zero-order valence-corrected chi connectivity index (χ0v) is 30.7. The molecule has 0 N–H and O–H groups in total. The fraction of sp³-hybridized carbons (Fsp3) is 0.115. The van der Waals surface area contributed by atoms with Gasteiger partial charge in [0, 0.05) is 32.0 Å². The molecule has 1 heterocycles. The number of fused-ring (bicyclic) bond motifs is 5. The highest BCUT2D eigenvalue weighted by Gasteiger charge is 2.35. The summed E-state index contributed by atoms with van der Waals surface area (Å²) < 4.78 is 2.77. The summed E-state index contributed by atoms with van der Waals surface area (Å²) in [4.78, 5) is 0. The molecule has 0 spiro atoms. The van der Waals surface area contributed by atoms with Gasteiger partial charge in [0.15, 0.2) is 0 Å². The SMILES string of the molecule is CC1C=CC2=C(C1)c1ccccc1C2c1cc(C(Cc2cccc(-c3ccccc3)c2)c2ccc(-c3ccccc3)cc2)cc2c1sc1ccccc12. The van der Waals surface area contributed by atoms with Gasteiger partial charge in [-0.1, -0.05) is 177 Å². The topological polar surface area (TPSA) is 0 Å². The fourth-order valence-corrected chi connectivity index (χ4v) is 10.2. The Hall–Kier alpha value is -5.76. The molecule has 8 aromatic rings. The van der Waals surface area contributed by atoms with Crippen LogP contribution in [0.3, 0.4) is 0 Å². The molecule has 53 heavy (non-hydrogen) atoms. The van der Waals surface area contributed by atoms with Crippen LogP contribution in [0.25, 0.3) is 48.0 Å². The van der Waals surface area contributed by atoms with Crippen LogP contribution in [0.1, 0.15) is 58.6 Å². The maximum Gasteiger partial charge on any atom is 0.0397 e. The molecule has 0 radical (unpaired) electrons. The van der Waals surface area contributed by atoms with Gasteiger partial charge in [-0.05, 0) is 97.7 Å². The van der Waals surface area contributed by atoms with Crippen LogP contribution in [0.5, 0.6) is 0 Å². The largest absolute Gasteiger partial charge is 0.135 e. The molecule has 0 saturated carbocycles. The third kappa shape index (κ3) is 5.77. The smallest absolute Gasteiger partial charge is 0.0397 e. The summed E-state index contributed by atoms with van der Waals surface area (Å²) in [6, 6.07) is 63.4. The van der Waals surface area contributed by atoms with Crippen LogP contribution in [-0.4, -0.2) is 0 Å². The third-order valence-corrected chi connectivity index (χ3v) is 12.8. The van der Waals surface area contributed by atoms with E-state index in [2.05, 4.69) is 189 Å². The molecule has 10 rings (SSSR count). The summed E-state index contributed by atoms with van der Waals surface area (Å²) in [7, 11) is 0. The molecule has 3 atom stereocenters. The minimum absolute atomic E-state index is 0.166. The summed E-state index contributed by atoms with van der Waals surface area (Å²) in [5.74, 6) is 0.925. The first kappa shape index (κ1) is 31.9. The molecule has 254 valence electrons. The molecule has 0 nitrogen and oxygen atoms in total. The van der Waals surface area contributed by atoms with E-state index < -0.39 is 0 Å². The molecule has 3 unspecified atom stereocenters. The van der Waals surface area contributed by atoms with Crippen LogP contribution in [0.15, 0.2) is 188 Å². The Morgan fingerprint density at radius 3 is 2.06 bits per heavy atom. The van der Waals surface area contributed by atoms with Crippen LogP contribution in [0, 0.1) is 5.92 Å². The van der Waals surface area contributed by atoms with Gasteiger partial charge >= 0.3 is 0 Å². The Morgan fingerprint density at radius 2 is 1.25 bits per heavy atom. The number of hydrogen-bond donors (Lipinski definition) is 0. The molecule has 0 bridgehead atoms. The average molecular weight is 697 g/mol. The molecule has 0 fully saturated rings. The zero-order chi connectivity index (χ0) is 35.3. The Bertz CT molecular complexity index is 2670. The van der Waals surface area contributed by atoms with Gasteiger partial charge in [0.1, 0.15) is 0 Å². The standard InChI is InChI=1S/C52H40S/c1-34-23-28-45-47(29-34)42-19-8-9-21-44(42)51(45)49-33-41(32-48-43-20-10-11-22-50(43)53-52(48)49)46(39-26-24-38(25-27-39)36-14-4-2-5-15-36)31-35-13-12-18-40(30-35)37-16-6-3-7-17-37/h2-28,30,32-34,46,51H,29,31H2,1H3. The first-order valence-corrected chi connectivity index (χ1v) is 19.7. The number of rotatable bonds is 7. The molecule has 0 aliphatic heterocycles. The van der Waals surface area contributed by atoms with Gasteiger partial charge in [0.25, 0.3) is 0 Å². The number of thiophene rings is 1. The van der Waals surface area contributed by atoms with Gasteiger partial charge < -0.3 is 0 Å². The molecule has 0 amide bonds. The minimum Gasteiger partial charge on any atom is -0.135 e. The molecule has 2 aliphatic rings. The van der Waals surface area contributed by atoms with Crippen LogP contribution < -0.4 is 0 Å². The van der Waals surface area contributed by atoms with Gasteiger partial charge in [-0.15, -0.1) is 11.3 Å². The molecular formula is C52H40S. The molecular weight excluding hydrogens is 657 g/mol. The van der Waals surface area contributed by atoms with E-state index in [1.165, 1.54) is 87.0 Å². The average Bonchev–Trinajstić information content (AvgIpc) is 3.76. The van der Waals surface area contributed by atoms with Crippen molar-refractivity contribution in [1.29, 1.82) is 0 Å². The van der Waals surface area contributed by atoms with E-state index in [4.69, 9.17) is 0 Å². The number of allylic oxidation sites excluding steroid dienone is 4. The highest BCUT2D eigenvalue weighted by atomic mass is 32.1. The summed E-state index contributed by atoms with van der Waals surface area (Å²) in [6.07, 6.45) is 6.89. The van der Waals surface area contributed by atoms with Gasteiger partial charge in [-0.2, -0.15) is 0 Å². The second kappa shape index (κ2) is 13.3. The van der Waals surface area contributed by atoms with Gasteiger partial charge in [0.2, 0.25) is 0 Å². The van der Waals surface area contributed by atoms with Crippen molar-refractivity contribution < 1.29 is 0 Å². The van der Waals surface area contributed by atoms with Crippen molar-refractivity contribution in [3.8, 4) is 22.3 Å². The fourth-order valence-electron chi connectivity index (χ4n) is 8.94. The Labute approximate surface area is 316 Å². The molecule has 2 aliphatic carbocycles. The molecule has 1 aromatic heterocycles. The molecule has 0 saturated heterocycles. The van der Waals surface area contributed by atoms with Crippen molar-refractivity contribution in [3.05, 3.63) is 221 Å². The van der Waals surface area contributed by atoms with E-state index in [0.29, 0.717) is 5.92 Å². The molecule has 7 aromatic carbocycles. The minimum atomic E-state index is 0.166. The van der Waals surface area contributed by atoms with E-state index in [1.807, 2.05) is 11.3 Å². The summed E-state index contributed by atoms with van der Waals surface area (Å²) in [5.41, 5.74) is 16.4. The van der Waals surface area contributed by atoms with Crippen molar-refractivity contribution in [1.82, 2.24) is 0 Å².